The minimum Gasteiger partial charge on any atom is -0.473 e. The normalized spacial score (nSPS) is 18.2. The molecule has 0 saturated heterocycles. The number of nitrogens with two attached hydrogens (primary N) is 2. The highest BCUT2D eigenvalue weighted by Crippen LogP contribution is 2.22. The molecule has 1 aliphatic rings. The van der Waals surface area contributed by atoms with E-state index >= 15 is 0 Å². The van der Waals surface area contributed by atoms with Crippen molar-refractivity contribution in [2.45, 2.75) is 45.1 Å². The van der Waals surface area contributed by atoms with E-state index in [-0.39, 0.29) is 24.3 Å². The maximum absolute atomic E-state index is 11.4. The molecule has 0 spiro atoms. The van der Waals surface area contributed by atoms with E-state index in [0.29, 0.717) is 0 Å². The van der Waals surface area contributed by atoms with Crippen molar-refractivity contribution in [2.75, 3.05) is 6.61 Å². The summed E-state index contributed by atoms with van der Waals surface area (Å²) < 4.78 is 10.4. The van der Waals surface area contributed by atoms with Gasteiger partial charge in [-0.2, -0.15) is 0 Å². The summed E-state index contributed by atoms with van der Waals surface area (Å²) in [7, 11) is 0. The third-order valence-corrected chi connectivity index (χ3v) is 2.71. The van der Waals surface area contributed by atoms with Gasteiger partial charge in [0.05, 0.1) is 6.61 Å². The number of rotatable bonds is 5. The van der Waals surface area contributed by atoms with Crippen LogP contribution in [0.4, 0.5) is 0 Å². The van der Waals surface area contributed by atoms with Crippen LogP contribution in [0, 0.1) is 0 Å². The topological polar surface area (TPSA) is 99.6 Å². The van der Waals surface area contributed by atoms with Crippen LogP contribution in [-0.2, 0) is 14.3 Å². The third kappa shape index (κ3) is 4.14. The summed E-state index contributed by atoms with van der Waals surface area (Å²) in [6.07, 6.45) is 5.47. The lowest BCUT2D eigenvalue weighted by molar-refractivity contribution is -0.139. The molecule has 1 saturated carbocycles. The molecule has 0 aromatic carbocycles. The standard InChI is InChI=1S/C11H21N3O3/c1-2-16-11(15)9(12)10(14-13)17-8-6-4-3-5-7-8/h8,14H,2-7,12-13H2,1H3/b10-9+. The van der Waals surface area contributed by atoms with Gasteiger partial charge in [0.25, 0.3) is 0 Å². The van der Waals surface area contributed by atoms with Crippen LogP contribution in [0.5, 0.6) is 0 Å². The van der Waals surface area contributed by atoms with Gasteiger partial charge < -0.3 is 15.2 Å². The van der Waals surface area contributed by atoms with Crippen LogP contribution in [0.2, 0.25) is 0 Å². The van der Waals surface area contributed by atoms with Gasteiger partial charge in [-0.1, -0.05) is 6.42 Å². The van der Waals surface area contributed by atoms with Gasteiger partial charge in [-0.3, -0.25) is 5.43 Å². The number of carbonyl (C=O) groups is 1. The zero-order chi connectivity index (χ0) is 12.7. The molecule has 0 unspecified atom stereocenters. The van der Waals surface area contributed by atoms with Gasteiger partial charge in [0.15, 0.2) is 5.70 Å². The second-order valence-corrected chi connectivity index (χ2v) is 3.99. The summed E-state index contributed by atoms with van der Waals surface area (Å²) in [4.78, 5) is 11.4. The van der Waals surface area contributed by atoms with Crippen molar-refractivity contribution < 1.29 is 14.3 Å². The molecule has 0 heterocycles. The lowest BCUT2D eigenvalue weighted by atomic mass is 9.98. The van der Waals surface area contributed by atoms with E-state index in [1.165, 1.54) is 6.42 Å². The van der Waals surface area contributed by atoms with E-state index in [9.17, 15) is 4.79 Å². The maximum Gasteiger partial charge on any atom is 0.359 e. The predicted octanol–water partition coefficient (Wildman–Crippen LogP) is 0.490. The molecule has 0 aliphatic heterocycles. The predicted molar refractivity (Wildman–Crippen MR) is 63.1 cm³/mol. The first-order valence-corrected chi connectivity index (χ1v) is 5.99. The fraction of sp³-hybridized carbons (Fsp3) is 0.727. The molecule has 0 aromatic heterocycles. The van der Waals surface area contributed by atoms with Crippen LogP contribution in [0.3, 0.4) is 0 Å². The lowest BCUT2D eigenvalue weighted by Gasteiger charge is -2.24. The molecule has 6 heteroatoms. The molecule has 0 radical (unpaired) electrons. The number of esters is 1. The monoisotopic (exact) mass is 243 g/mol. The zero-order valence-electron chi connectivity index (χ0n) is 10.2. The van der Waals surface area contributed by atoms with Crippen LogP contribution in [-0.4, -0.2) is 18.7 Å². The highest BCUT2D eigenvalue weighted by Gasteiger charge is 2.20. The lowest BCUT2D eigenvalue weighted by Crippen LogP contribution is -2.33. The molecule has 5 N–H and O–H groups in total. The Morgan fingerprint density at radius 3 is 2.53 bits per heavy atom. The van der Waals surface area contributed by atoms with Gasteiger partial charge in [-0.15, -0.1) is 0 Å². The van der Waals surface area contributed by atoms with E-state index in [1.54, 1.807) is 6.92 Å². The van der Waals surface area contributed by atoms with Gasteiger partial charge in [0.2, 0.25) is 5.88 Å². The molecular weight excluding hydrogens is 222 g/mol. The molecule has 1 aliphatic carbocycles. The molecule has 17 heavy (non-hydrogen) atoms. The zero-order valence-corrected chi connectivity index (χ0v) is 10.2. The summed E-state index contributed by atoms with van der Waals surface area (Å²) in [6.45, 7) is 1.98. The Kier molecular flexibility index (Phi) is 5.62. The van der Waals surface area contributed by atoms with Gasteiger partial charge in [0, 0.05) is 0 Å². The molecule has 0 bridgehead atoms. The second-order valence-electron chi connectivity index (χ2n) is 3.99. The van der Waals surface area contributed by atoms with Crippen molar-refractivity contribution in [1.82, 2.24) is 5.43 Å². The summed E-state index contributed by atoms with van der Waals surface area (Å²) in [6, 6.07) is 0. The van der Waals surface area contributed by atoms with Gasteiger partial charge >= 0.3 is 5.97 Å². The molecule has 0 aromatic rings. The van der Waals surface area contributed by atoms with Crippen molar-refractivity contribution in [1.29, 1.82) is 0 Å². The fourth-order valence-corrected chi connectivity index (χ4v) is 1.83. The summed E-state index contributed by atoms with van der Waals surface area (Å²) in [5.41, 5.74) is 7.82. The molecular formula is C11H21N3O3. The van der Waals surface area contributed by atoms with Gasteiger partial charge in [-0.25, -0.2) is 10.6 Å². The van der Waals surface area contributed by atoms with Crippen molar-refractivity contribution in [2.24, 2.45) is 11.6 Å². The largest absolute Gasteiger partial charge is 0.473 e. The van der Waals surface area contributed by atoms with Crippen LogP contribution in [0.1, 0.15) is 39.0 Å². The molecule has 98 valence electrons. The number of ether oxygens (including phenoxy) is 2. The van der Waals surface area contributed by atoms with Crippen molar-refractivity contribution in [3.8, 4) is 0 Å². The van der Waals surface area contributed by atoms with E-state index in [4.69, 9.17) is 21.1 Å². The Morgan fingerprint density at radius 2 is 2.00 bits per heavy atom. The average Bonchev–Trinajstić information content (AvgIpc) is 2.36. The Bertz CT molecular complexity index is 286. The molecule has 0 amide bonds. The Hall–Kier alpha value is -1.43. The second kappa shape index (κ2) is 7.01. The highest BCUT2D eigenvalue weighted by molar-refractivity contribution is 5.87. The minimum absolute atomic E-state index is 0.0720. The summed E-state index contributed by atoms with van der Waals surface area (Å²) in [5.74, 6) is 4.80. The number of hydrogen-bond acceptors (Lipinski definition) is 6. The van der Waals surface area contributed by atoms with E-state index < -0.39 is 5.97 Å². The van der Waals surface area contributed by atoms with Crippen LogP contribution < -0.4 is 17.0 Å². The number of hydrazine groups is 1. The molecule has 1 fully saturated rings. The van der Waals surface area contributed by atoms with Crippen LogP contribution >= 0.6 is 0 Å². The minimum atomic E-state index is -0.615. The van der Waals surface area contributed by atoms with Gasteiger partial charge in [-0.05, 0) is 32.6 Å². The fourth-order valence-electron chi connectivity index (χ4n) is 1.83. The Balaban J connectivity index is 2.61. The number of nitrogens with one attached hydrogen (secondary N) is 1. The van der Waals surface area contributed by atoms with E-state index in [2.05, 4.69) is 5.43 Å². The third-order valence-electron chi connectivity index (χ3n) is 2.71. The average molecular weight is 243 g/mol. The SMILES string of the molecule is CCOC(=O)/C(N)=C(/NN)OC1CCCCC1. The van der Waals surface area contributed by atoms with Crippen molar-refractivity contribution >= 4 is 5.97 Å². The van der Waals surface area contributed by atoms with Crippen molar-refractivity contribution in [3.63, 3.8) is 0 Å². The first-order chi connectivity index (χ1) is 8.19. The van der Waals surface area contributed by atoms with Gasteiger partial charge in [0.1, 0.15) is 6.10 Å². The molecule has 1 rings (SSSR count). The van der Waals surface area contributed by atoms with Crippen LogP contribution in [0.15, 0.2) is 11.6 Å². The number of carbonyl (C=O) groups excluding carboxylic acids is 1. The molecule has 6 nitrogen and oxygen atoms in total. The smallest absolute Gasteiger partial charge is 0.359 e. The van der Waals surface area contributed by atoms with E-state index in [0.717, 1.165) is 25.7 Å². The number of hydrogen-bond donors (Lipinski definition) is 3. The maximum atomic E-state index is 11.4. The Morgan fingerprint density at radius 1 is 1.35 bits per heavy atom. The van der Waals surface area contributed by atoms with Crippen molar-refractivity contribution in [3.05, 3.63) is 11.6 Å². The Labute approximate surface area is 101 Å². The first kappa shape index (κ1) is 13.6. The van der Waals surface area contributed by atoms with Crippen LogP contribution in [0.25, 0.3) is 0 Å². The summed E-state index contributed by atoms with van der Waals surface area (Å²) >= 11 is 0. The quantitative estimate of drug-likeness (QED) is 0.214. The van der Waals surface area contributed by atoms with E-state index in [1.807, 2.05) is 0 Å². The molecule has 0 atom stereocenters. The first-order valence-electron chi connectivity index (χ1n) is 5.99. The highest BCUT2D eigenvalue weighted by atomic mass is 16.5. The summed E-state index contributed by atoms with van der Waals surface area (Å²) in [5, 5.41) is 0.